The predicted octanol–water partition coefficient (Wildman–Crippen LogP) is 4.66. The minimum Gasteiger partial charge on any atom is -0.390 e. The molecule has 2 aromatic rings. The van der Waals surface area contributed by atoms with Crippen LogP contribution >= 0.6 is 11.6 Å². The lowest BCUT2D eigenvalue weighted by Crippen LogP contribution is -2.35. The first-order valence-corrected chi connectivity index (χ1v) is 9.60. The van der Waals surface area contributed by atoms with Gasteiger partial charge in [-0.15, -0.1) is 0 Å². The van der Waals surface area contributed by atoms with Crippen molar-refractivity contribution < 1.29 is 9.84 Å². The van der Waals surface area contributed by atoms with Gasteiger partial charge in [0.05, 0.1) is 18.8 Å². The fourth-order valence-corrected chi connectivity index (χ4v) is 3.03. The van der Waals surface area contributed by atoms with Crippen molar-refractivity contribution in [3.8, 4) is 0 Å². The standard InChI is InChI=1S/C20H30ClN3O2/c1-20(2,3)19(25)18(24-15-22-14-23-24)7-5-4-6-12-26-13-16-8-10-17(21)11-9-16/h8-11,14-15,18-19,25H,4-7,12-13H2,1-3H3. The van der Waals surface area contributed by atoms with Crippen molar-refractivity contribution >= 4 is 11.6 Å². The van der Waals surface area contributed by atoms with E-state index in [-0.39, 0.29) is 11.5 Å². The van der Waals surface area contributed by atoms with Gasteiger partial charge in [0.25, 0.3) is 0 Å². The molecule has 0 aliphatic heterocycles. The molecule has 0 saturated heterocycles. The van der Waals surface area contributed by atoms with Crippen molar-refractivity contribution in [3.05, 3.63) is 47.5 Å². The van der Waals surface area contributed by atoms with E-state index in [0.29, 0.717) is 6.61 Å². The number of ether oxygens (including phenoxy) is 1. The lowest BCUT2D eigenvalue weighted by Gasteiger charge is -2.33. The summed E-state index contributed by atoms with van der Waals surface area (Å²) in [5.41, 5.74) is 0.937. The number of halogens is 1. The van der Waals surface area contributed by atoms with E-state index in [1.807, 2.05) is 45.0 Å². The van der Waals surface area contributed by atoms with Crippen LogP contribution in [0.3, 0.4) is 0 Å². The third-order valence-electron chi connectivity index (χ3n) is 4.50. The average Bonchev–Trinajstić information content (AvgIpc) is 3.12. The first-order valence-electron chi connectivity index (χ1n) is 9.22. The number of hydrogen-bond donors (Lipinski definition) is 1. The van der Waals surface area contributed by atoms with Crippen molar-refractivity contribution in [2.45, 2.75) is 65.2 Å². The van der Waals surface area contributed by atoms with Gasteiger partial charge in [-0.25, -0.2) is 9.67 Å². The fraction of sp³-hybridized carbons (Fsp3) is 0.600. The molecule has 0 radical (unpaired) electrons. The molecule has 0 spiro atoms. The Labute approximate surface area is 161 Å². The van der Waals surface area contributed by atoms with Crippen LogP contribution in [0.15, 0.2) is 36.9 Å². The Bertz CT molecular complexity index is 624. The molecule has 5 nitrogen and oxygen atoms in total. The molecule has 1 N–H and O–H groups in total. The summed E-state index contributed by atoms with van der Waals surface area (Å²) in [6, 6.07) is 7.68. The van der Waals surface area contributed by atoms with Crippen LogP contribution in [0.5, 0.6) is 0 Å². The molecular weight excluding hydrogens is 350 g/mol. The van der Waals surface area contributed by atoms with E-state index >= 15 is 0 Å². The highest BCUT2D eigenvalue weighted by molar-refractivity contribution is 6.30. The van der Waals surface area contributed by atoms with E-state index < -0.39 is 6.10 Å². The molecule has 1 heterocycles. The lowest BCUT2D eigenvalue weighted by molar-refractivity contribution is 0.00822. The van der Waals surface area contributed by atoms with Crippen LogP contribution in [-0.2, 0) is 11.3 Å². The summed E-state index contributed by atoms with van der Waals surface area (Å²) in [4.78, 5) is 4.02. The number of aromatic nitrogens is 3. The molecule has 1 aromatic carbocycles. The summed E-state index contributed by atoms with van der Waals surface area (Å²) in [5, 5.41) is 15.7. The number of benzene rings is 1. The summed E-state index contributed by atoms with van der Waals surface area (Å²) < 4.78 is 7.51. The maximum absolute atomic E-state index is 10.7. The second-order valence-electron chi connectivity index (χ2n) is 7.78. The minimum atomic E-state index is -0.467. The zero-order valence-electron chi connectivity index (χ0n) is 15.9. The van der Waals surface area contributed by atoms with Gasteiger partial charge in [0, 0.05) is 11.6 Å². The Morgan fingerprint density at radius 3 is 2.50 bits per heavy atom. The van der Waals surface area contributed by atoms with Gasteiger partial charge in [0.15, 0.2) is 0 Å². The quantitative estimate of drug-likeness (QED) is 0.610. The normalized spacial score (nSPS) is 14.3. The second-order valence-corrected chi connectivity index (χ2v) is 8.22. The highest BCUT2D eigenvalue weighted by Gasteiger charge is 2.31. The summed E-state index contributed by atoms with van der Waals surface area (Å²) >= 11 is 5.87. The molecule has 26 heavy (non-hydrogen) atoms. The zero-order valence-corrected chi connectivity index (χ0v) is 16.7. The number of unbranched alkanes of at least 4 members (excludes halogenated alkanes) is 2. The Morgan fingerprint density at radius 1 is 1.15 bits per heavy atom. The van der Waals surface area contributed by atoms with E-state index in [0.717, 1.165) is 42.9 Å². The number of aliphatic hydroxyl groups excluding tert-OH is 1. The molecule has 2 rings (SSSR count). The molecule has 1 aromatic heterocycles. The summed E-state index contributed by atoms with van der Waals surface area (Å²) in [7, 11) is 0. The largest absolute Gasteiger partial charge is 0.390 e. The Hall–Kier alpha value is -1.43. The van der Waals surface area contributed by atoms with Gasteiger partial charge in [-0.1, -0.05) is 57.3 Å². The van der Waals surface area contributed by atoms with E-state index in [2.05, 4.69) is 10.1 Å². The van der Waals surface area contributed by atoms with Crippen LogP contribution in [-0.4, -0.2) is 32.6 Å². The summed E-state index contributed by atoms with van der Waals surface area (Å²) in [5.74, 6) is 0. The van der Waals surface area contributed by atoms with Crippen LogP contribution < -0.4 is 0 Å². The molecule has 0 fully saturated rings. The lowest BCUT2D eigenvalue weighted by atomic mass is 9.83. The molecule has 6 heteroatoms. The first-order chi connectivity index (χ1) is 12.4. The maximum atomic E-state index is 10.7. The molecule has 0 amide bonds. The highest BCUT2D eigenvalue weighted by Crippen LogP contribution is 2.31. The zero-order chi connectivity index (χ0) is 19.0. The molecule has 0 aliphatic rings. The van der Waals surface area contributed by atoms with Crippen molar-refractivity contribution in [3.63, 3.8) is 0 Å². The van der Waals surface area contributed by atoms with Crippen LogP contribution in [0.25, 0.3) is 0 Å². The molecule has 0 saturated carbocycles. The van der Waals surface area contributed by atoms with Crippen LogP contribution in [0.2, 0.25) is 5.02 Å². The molecule has 0 aliphatic carbocycles. The van der Waals surface area contributed by atoms with E-state index in [4.69, 9.17) is 16.3 Å². The smallest absolute Gasteiger partial charge is 0.137 e. The number of rotatable bonds is 10. The molecule has 2 unspecified atom stereocenters. The molecule has 0 bridgehead atoms. The monoisotopic (exact) mass is 379 g/mol. The van der Waals surface area contributed by atoms with Gasteiger partial charge in [-0.05, 0) is 36.0 Å². The number of nitrogens with zero attached hydrogens (tertiary/aromatic N) is 3. The minimum absolute atomic E-state index is 0.0486. The topological polar surface area (TPSA) is 60.2 Å². The third-order valence-corrected chi connectivity index (χ3v) is 4.75. The molecular formula is C20H30ClN3O2. The van der Waals surface area contributed by atoms with E-state index in [9.17, 15) is 5.11 Å². The van der Waals surface area contributed by atoms with Crippen molar-refractivity contribution in [2.24, 2.45) is 5.41 Å². The van der Waals surface area contributed by atoms with Crippen LogP contribution in [0.4, 0.5) is 0 Å². The average molecular weight is 380 g/mol. The van der Waals surface area contributed by atoms with Crippen LogP contribution in [0, 0.1) is 5.41 Å². The fourth-order valence-electron chi connectivity index (χ4n) is 2.91. The van der Waals surface area contributed by atoms with Gasteiger partial charge in [0.1, 0.15) is 12.7 Å². The van der Waals surface area contributed by atoms with Crippen LogP contribution in [0.1, 0.15) is 58.1 Å². The third kappa shape index (κ3) is 6.71. The van der Waals surface area contributed by atoms with Gasteiger partial charge < -0.3 is 9.84 Å². The number of hydrogen-bond acceptors (Lipinski definition) is 4. The Kier molecular flexibility index (Phi) is 8.07. The first kappa shape index (κ1) is 20.9. The van der Waals surface area contributed by atoms with Gasteiger partial charge >= 0.3 is 0 Å². The van der Waals surface area contributed by atoms with Gasteiger partial charge in [0.2, 0.25) is 0 Å². The van der Waals surface area contributed by atoms with Gasteiger partial charge in [-0.3, -0.25) is 0 Å². The Morgan fingerprint density at radius 2 is 1.88 bits per heavy atom. The van der Waals surface area contributed by atoms with E-state index in [1.165, 1.54) is 6.33 Å². The number of aliphatic hydroxyl groups is 1. The Balaban J connectivity index is 1.68. The van der Waals surface area contributed by atoms with Crippen molar-refractivity contribution in [2.75, 3.05) is 6.61 Å². The summed E-state index contributed by atoms with van der Waals surface area (Å²) in [6.07, 6.45) is 6.69. The molecule has 2 atom stereocenters. The molecule has 144 valence electrons. The van der Waals surface area contributed by atoms with Crippen molar-refractivity contribution in [1.29, 1.82) is 0 Å². The van der Waals surface area contributed by atoms with E-state index in [1.54, 1.807) is 11.0 Å². The SMILES string of the molecule is CC(C)(C)C(O)C(CCCCCOCc1ccc(Cl)cc1)n1cncn1. The highest BCUT2D eigenvalue weighted by atomic mass is 35.5. The maximum Gasteiger partial charge on any atom is 0.137 e. The van der Waals surface area contributed by atoms with Gasteiger partial charge in [-0.2, -0.15) is 5.10 Å². The second kappa shape index (κ2) is 10.0. The summed E-state index contributed by atoms with van der Waals surface area (Å²) in [6.45, 7) is 7.49. The predicted molar refractivity (Wildman–Crippen MR) is 104 cm³/mol. The van der Waals surface area contributed by atoms with Crippen molar-refractivity contribution in [1.82, 2.24) is 14.8 Å².